The molecule has 1 aromatic rings. The third-order valence-corrected chi connectivity index (χ3v) is 2.50. The Morgan fingerprint density at radius 2 is 2.38 bits per heavy atom. The van der Waals surface area contributed by atoms with Crippen molar-refractivity contribution in [1.82, 2.24) is 4.98 Å². The summed E-state index contributed by atoms with van der Waals surface area (Å²) in [6.45, 7) is 2.52. The van der Waals surface area contributed by atoms with Gasteiger partial charge in [0.25, 0.3) is 0 Å². The minimum Gasteiger partial charge on any atom is -0.385 e. The molecule has 1 heterocycles. The van der Waals surface area contributed by atoms with Gasteiger partial charge in [0, 0.05) is 31.7 Å². The molecule has 0 radical (unpaired) electrons. The summed E-state index contributed by atoms with van der Waals surface area (Å²) in [4.78, 5) is 15.9. The number of hydrogen-bond acceptors (Lipinski definition) is 4. The molecule has 1 aromatic heterocycles. The first-order valence-corrected chi connectivity index (χ1v) is 5.36. The molecule has 0 aliphatic heterocycles. The first kappa shape index (κ1) is 12.8. The van der Waals surface area contributed by atoms with Crippen LogP contribution < -0.4 is 5.73 Å². The molecule has 0 saturated heterocycles. The molecule has 1 unspecified atom stereocenters. The molecule has 0 fully saturated rings. The molecular weight excluding hydrogens is 204 g/mol. The van der Waals surface area contributed by atoms with Crippen molar-refractivity contribution < 1.29 is 9.53 Å². The second-order valence-corrected chi connectivity index (χ2v) is 3.80. The van der Waals surface area contributed by atoms with Gasteiger partial charge in [-0.15, -0.1) is 0 Å². The van der Waals surface area contributed by atoms with Crippen LogP contribution in [0, 0.1) is 6.92 Å². The molecule has 0 spiro atoms. The highest BCUT2D eigenvalue weighted by molar-refractivity contribution is 6.00. The monoisotopic (exact) mass is 222 g/mol. The fraction of sp³-hybridized carbons (Fsp3) is 0.500. The zero-order chi connectivity index (χ0) is 12.0. The quantitative estimate of drug-likeness (QED) is 0.582. The fourth-order valence-corrected chi connectivity index (χ4v) is 1.50. The van der Waals surface area contributed by atoms with Crippen molar-refractivity contribution >= 4 is 5.78 Å². The minimum atomic E-state index is -0.460. The topological polar surface area (TPSA) is 65.2 Å². The summed E-state index contributed by atoms with van der Waals surface area (Å²) in [5, 5.41) is 0. The van der Waals surface area contributed by atoms with Crippen LogP contribution >= 0.6 is 0 Å². The number of pyridine rings is 1. The lowest BCUT2D eigenvalue weighted by atomic mass is 9.99. The van der Waals surface area contributed by atoms with Crippen LogP contribution in [0.15, 0.2) is 18.5 Å². The number of rotatable bonds is 6. The second kappa shape index (κ2) is 6.35. The molecule has 4 nitrogen and oxygen atoms in total. The first-order valence-electron chi connectivity index (χ1n) is 5.36. The summed E-state index contributed by atoms with van der Waals surface area (Å²) in [6, 6.07) is 1.35. The largest absolute Gasteiger partial charge is 0.385 e. The predicted molar refractivity (Wildman–Crippen MR) is 62.4 cm³/mol. The lowest BCUT2D eigenvalue weighted by Gasteiger charge is -2.11. The zero-order valence-corrected chi connectivity index (χ0v) is 9.77. The Kier molecular flexibility index (Phi) is 5.08. The number of methoxy groups -OCH3 is 1. The lowest BCUT2D eigenvalue weighted by molar-refractivity contribution is 0.0949. The maximum Gasteiger partial charge on any atom is 0.181 e. The Morgan fingerprint density at radius 3 is 3.00 bits per heavy atom. The zero-order valence-electron chi connectivity index (χ0n) is 9.77. The van der Waals surface area contributed by atoms with Crippen LogP contribution in [0.5, 0.6) is 0 Å². The number of aryl methyl sites for hydroxylation is 1. The molecule has 16 heavy (non-hydrogen) atoms. The fourth-order valence-electron chi connectivity index (χ4n) is 1.50. The molecule has 0 aromatic carbocycles. The molecule has 0 aliphatic rings. The molecule has 0 saturated carbocycles. The van der Waals surface area contributed by atoms with Crippen molar-refractivity contribution in [1.29, 1.82) is 0 Å². The van der Waals surface area contributed by atoms with Gasteiger partial charge in [0.15, 0.2) is 5.78 Å². The van der Waals surface area contributed by atoms with Gasteiger partial charge in [-0.05, 0) is 31.4 Å². The summed E-state index contributed by atoms with van der Waals surface area (Å²) < 4.78 is 4.92. The Balaban J connectivity index is 2.60. The maximum atomic E-state index is 12.0. The van der Waals surface area contributed by atoms with E-state index in [0.29, 0.717) is 18.6 Å². The lowest BCUT2D eigenvalue weighted by Crippen LogP contribution is -2.31. The van der Waals surface area contributed by atoms with Gasteiger partial charge >= 0.3 is 0 Å². The van der Waals surface area contributed by atoms with Gasteiger partial charge in [0.2, 0.25) is 0 Å². The molecule has 2 N–H and O–H groups in total. The van der Waals surface area contributed by atoms with E-state index in [1.807, 2.05) is 13.0 Å². The number of carbonyl (C=O) groups is 1. The van der Waals surface area contributed by atoms with Crippen molar-refractivity contribution in [3.63, 3.8) is 0 Å². The number of aromatic nitrogens is 1. The molecule has 1 atom stereocenters. The van der Waals surface area contributed by atoms with Gasteiger partial charge in [-0.2, -0.15) is 0 Å². The minimum absolute atomic E-state index is 0.0401. The molecular formula is C12H18N2O2. The van der Waals surface area contributed by atoms with Crippen LogP contribution in [-0.4, -0.2) is 30.5 Å². The number of ketones is 1. The van der Waals surface area contributed by atoms with E-state index < -0.39 is 6.04 Å². The molecule has 4 heteroatoms. The SMILES string of the molecule is COCCCC(N)C(=O)c1cnccc1C. The van der Waals surface area contributed by atoms with Gasteiger partial charge in [0.1, 0.15) is 0 Å². The van der Waals surface area contributed by atoms with Crippen LogP contribution in [0.4, 0.5) is 0 Å². The molecule has 88 valence electrons. The van der Waals surface area contributed by atoms with Crippen molar-refractivity contribution in [2.45, 2.75) is 25.8 Å². The van der Waals surface area contributed by atoms with Crippen LogP contribution in [0.3, 0.4) is 0 Å². The number of carbonyl (C=O) groups excluding carboxylic acids is 1. The smallest absolute Gasteiger partial charge is 0.181 e. The first-order chi connectivity index (χ1) is 7.66. The van der Waals surface area contributed by atoms with Crippen LogP contribution in [0.2, 0.25) is 0 Å². The van der Waals surface area contributed by atoms with E-state index in [1.54, 1.807) is 19.5 Å². The highest BCUT2D eigenvalue weighted by atomic mass is 16.5. The van der Waals surface area contributed by atoms with E-state index in [2.05, 4.69) is 4.98 Å². The van der Waals surface area contributed by atoms with E-state index >= 15 is 0 Å². The summed E-state index contributed by atoms with van der Waals surface area (Å²) in [5.41, 5.74) is 7.36. The van der Waals surface area contributed by atoms with Gasteiger partial charge in [-0.1, -0.05) is 0 Å². The molecule has 0 bridgehead atoms. The Hall–Kier alpha value is -1.26. The number of Topliss-reactive ketones (excluding diaryl/α,β-unsaturated/α-hetero) is 1. The van der Waals surface area contributed by atoms with Crippen LogP contribution in [-0.2, 0) is 4.74 Å². The molecule has 1 rings (SSSR count). The van der Waals surface area contributed by atoms with Crippen molar-refractivity contribution in [2.24, 2.45) is 5.73 Å². The van der Waals surface area contributed by atoms with E-state index in [0.717, 1.165) is 12.0 Å². The van der Waals surface area contributed by atoms with Crippen molar-refractivity contribution in [2.75, 3.05) is 13.7 Å². The Morgan fingerprint density at radius 1 is 1.62 bits per heavy atom. The number of nitrogens with two attached hydrogens (primary N) is 1. The highest BCUT2D eigenvalue weighted by Crippen LogP contribution is 2.10. The third-order valence-electron chi connectivity index (χ3n) is 2.50. The van der Waals surface area contributed by atoms with E-state index in [-0.39, 0.29) is 5.78 Å². The van der Waals surface area contributed by atoms with Crippen molar-refractivity contribution in [3.05, 3.63) is 29.6 Å². The number of nitrogens with zero attached hydrogens (tertiary/aromatic N) is 1. The normalized spacial score (nSPS) is 12.4. The van der Waals surface area contributed by atoms with Gasteiger partial charge in [-0.3, -0.25) is 9.78 Å². The van der Waals surface area contributed by atoms with E-state index in [4.69, 9.17) is 10.5 Å². The van der Waals surface area contributed by atoms with E-state index in [9.17, 15) is 4.79 Å². The van der Waals surface area contributed by atoms with Gasteiger partial charge < -0.3 is 10.5 Å². The van der Waals surface area contributed by atoms with Gasteiger partial charge in [-0.25, -0.2) is 0 Å². The molecule has 0 amide bonds. The number of ether oxygens (including phenoxy) is 1. The van der Waals surface area contributed by atoms with E-state index in [1.165, 1.54) is 0 Å². The summed E-state index contributed by atoms with van der Waals surface area (Å²) in [6.07, 6.45) is 4.68. The van der Waals surface area contributed by atoms with Gasteiger partial charge in [0.05, 0.1) is 6.04 Å². The summed E-state index contributed by atoms with van der Waals surface area (Å²) >= 11 is 0. The second-order valence-electron chi connectivity index (χ2n) is 3.80. The Bertz CT molecular complexity index is 353. The number of hydrogen-bond donors (Lipinski definition) is 1. The predicted octanol–water partition coefficient (Wildman–Crippen LogP) is 1.33. The average molecular weight is 222 g/mol. The maximum absolute atomic E-state index is 12.0. The highest BCUT2D eigenvalue weighted by Gasteiger charge is 2.17. The van der Waals surface area contributed by atoms with Crippen LogP contribution in [0.1, 0.15) is 28.8 Å². The molecule has 0 aliphatic carbocycles. The van der Waals surface area contributed by atoms with Crippen LogP contribution in [0.25, 0.3) is 0 Å². The third kappa shape index (κ3) is 3.40. The summed E-state index contributed by atoms with van der Waals surface area (Å²) in [5.74, 6) is -0.0401. The van der Waals surface area contributed by atoms with Crippen molar-refractivity contribution in [3.8, 4) is 0 Å². The summed E-state index contributed by atoms with van der Waals surface area (Å²) in [7, 11) is 1.64. The standard InChI is InChI=1S/C12H18N2O2/c1-9-5-6-14-8-10(9)12(15)11(13)4-3-7-16-2/h5-6,8,11H,3-4,7,13H2,1-2H3. The Labute approximate surface area is 95.8 Å². The average Bonchev–Trinajstić information content (AvgIpc) is 2.29.